The van der Waals surface area contributed by atoms with Crippen molar-refractivity contribution in [2.45, 2.75) is 52.4 Å². The van der Waals surface area contributed by atoms with Crippen molar-refractivity contribution in [2.24, 2.45) is 11.8 Å². The van der Waals surface area contributed by atoms with Crippen molar-refractivity contribution in [3.05, 3.63) is 0 Å². The SMILES string of the molecule is CCC1CCC(=O)N(CCC(C)CCCl)CC1. The monoisotopic (exact) mass is 259 g/mol. The largest absolute Gasteiger partial charge is 0.343 e. The summed E-state index contributed by atoms with van der Waals surface area (Å²) in [6, 6.07) is 0. The number of hydrogen-bond donors (Lipinski definition) is 0. The van der Waals surface area contributed by atoms with E-state index >= 15 is 0 Å². The number of nitrogens with zero attached hydrogens (tertiary/aromatic N) is 1. The van der Waals surface area contributed by atoms with Crippen LogP contribution in [-0.2, 0) is 4.79 Å². The second kappa shape index (κ2) is 7.97. The number of likely N-dealkylation sites (tertiary alicyclic amines) is 1. The first kappa shape index (κ1) is 14.8. The predicted molar refractivity (Wildman–Crippen MR) is 73.3 cm³/mol. The normalized spacial score (nSPS) is 23.6. The summed E-state index contributed by atoms with van der Waals surface area (Å²) >= 11 is 5.73. The summed E-state index contributed by atoms with van der Waals surface area (Å²) in [4.78, 5) is 14.0. The number of carbonyl (C=O) groups is 1. The fourth-order valence-corrected chi connectivity index (χ4v) is 2.82. The molecule has 1 amide bonds. The summed E-state index contributed by atoms with van der Waals surface area (Å²) in [5.74, 6) is 2.47. The first-order valence-corrected chi connectivity index (χ1v) is 7.54. The van der Waals surface area contributed by atoms with E-state index in [-0.39, 0.29) is 0 Å². The molecular formula is C14H26ClNO. The smallest absolute Gasteiger partial charge is 0.222 e. The molecule has 100 valence electrons. The number of hydrogen-bond acceptors (Lipinski definition) is 1. The van der Waals surface area contributed by atoms with E-state index in [1.807, 2.05) is 0 Å². The fourth-order valence-electron chi connectivity index (χ4n) is 2.44. The molecule has 0 N–H and O–H groups in total. The van der Waals surface area contributed by atoms with Gasteiger partial charge in [-0.2, -0.15) is 0 Å². The van der Waals surface area contributed by atoms with Crippen molar-refractivity contribution < 1.29 is 4.79 Å². The van der Waals surface area contributed by atoms with Gasteiger partial charge in [0.2, 0.25) is 5.91 Å². The lowest BCUT2D eigenvalue weighted by molar-refractivity contribution is -0.130. The van der Waals surface area contributed by atoms with Gasteiger partial charge in [0.25, 0.3) is 0 Å². The molecule has 0 aliphatic carbocycles. The summed E-state index contributed by atoms with van der Waals surface area (Å²) in [5, 5.41) is 0. The maximum absolute atomic E-state index is 11.9. The standard InChI is InChI=1S/C14H26ClNO/c1-3-13-4-5-14(17)16(11-8-13)10-7-12(2)6-9-15/h12-13H,3-11H2,1-2H3. The summed E-state index contributed by atoms with van der Waals surface area (Å²) in [5.41, 5.74) is 0. The van der Waals surface area contributed by atoms with Crippen LogP contribution in [0.3, 0.4) is 0 Å². The van der Waals surface area contributed by atoms with Crippen LogP contribution in [0.15, 0.2) is 0 Å². The van der Waals surface area contributed by atoms with Crippen LogP contribution < -0.4 is 0 Å². The Kier molecular flexibility index (Phi) is 6.94. The quantitative estimate of drug-likeness (QED) is 0.667. The van der Waals surface area contributed by atoms with Crippen LogP contribution in [0.25, 0.3) is 0 Å². The van der Waals surface area contributed by atoms with E-state index in [1.54, 1.807) is 0 Å². The molecule has 1 rings (SSSR count). The van der Waals surface area contributed by atoms with Crippen LogP contribution >= 0.6 is 11.6 Å². The average molecular weight is 260 g/mol. The molecule has 0 radical (unpaired) electrons. The molecule has 0 bridgehead atoms. The van der Waals surface area contributed by atoms with Gasteiger partial charge in [0.1, 0.15) is 0 Å². The van der Waals surface area contributed by atoms with Gasteiger partial charge in [0.05, 0.1) is 0 Å². The number of rotatable bonds is 6. The van der Waals surface area contributed by atoms with E-state index < -0.39 is 0 Å². The Labute approximate surface area is 111 Å². The van der Waals surface area contributed by atoms with Crippen LogP contribution in [0.4, 0.5) is 0 Å². The summed E-state index contributed by atoms with van der Waals surface area (Å²) in [6.07, 6.45) is 6.39. The third-order valence-electron chi connectivity index (χ3n) is 4.00. The van der Waals surface area contributed by atoms with Gasteiger partial charge in [-0.3, -0.25) is 4.79 Å². The molecular weight excluding hydrogens is 234 g/mol. The van der Waals surface area contributed by atoms with E-state index in [4.69, 9.17) is 11.6 Å². The highest BCUT2D eigenvalue weighted by Gasteiger charge is 2.21. The molecule has 0 saturated carbocycles. The van der Waals surface area contributed by atoms with Gasteiger partial charge >= 0.3 is 0 Å². The molecule has 2 atom stereocenters. The molecule has 0 aromatic carbocycles. The van der Waals surface area contributed by atoms with Gasteiger partial charge in [-0.05, 0) is 37.5 Å². The highest BCUT2D eigenvalue weighted by Crippen LogP contribution is 2.21. The molecule has 1 heterocycles. The first-order chi connectivity index (χ1) is 8.17. The van der Waals surface area contributed by atoms with Crippen molar-refractivity contribution in [1.82, 2.24) is 4.90 Å². The van der Waals surface area contributed by atoms with Gasteiger partial charge in [-0.15, -0.1) is 11.6 Å². The molecule has 17 heavy (non-hydrogen) atoms. The third kappa shape index (κ3) is 5.29. The van der Waals surface area contributed by atoms with Crippen molar-refractivity contribution in [3.8, 4) is 0 Å². The number of alkyl halides is 1. The van der Waals surface area contributed by atoms with Crippen molar-refractivity contribution >= 4 is 17.5 Å². The van der Waals surface area contributed by atoms with E-state index in [1.165, 1.54) is 12.8 Å². The van der Waals surface area contributed by atoms with Crippen molar-refractivity contribution in [3.63, 3.8) is 0 Å². The van der Waals surface area contributed by atoms with Crippen molar-refractivity contribution in [1.29, 1.82) is 0 Å². The highest BCUT2D eigenvalue weighted by molar-refractivity contribution is 6.17. The Bertz CT molecular complexity index is 232. The Morgan fingerprint density at radius 1 is 1.41 bits per heavy atom. The molecule has 2 unspecified atom stereocenters. The first-order valence-electron chi connectivity index (χ1n) is 7.01. The number of amides is 1. The molecule has 1 fully saturated rings. The molecule has 0 aromatic rings. The van der Waals surface area contributed by atoms with Gasteiger partial charge in [-0.1, -0.05) is 20.3 Å². The average Bonchev–Trinajstić information content (AvgIpc) is 2.49. The van der Waals surface area contributed by atoms with Crippen LogP contribution in [-0.4, -0.2) is 29.8 Å². The molecule has 1 saturated heterocycles. The van der Waals surface area contributed by atoms with Gasteiger partial charge < -0.3 is 4.90 Å². The molecule has 0 aromatic heterocycles. The Morgan fingerprint density at radius 3 is 2.82 bits per heavy atom. The summed E-state index contributed by atoms with van der Waals surface area (Å²) in [6.45, 7) is 6.34. The minimum Gasteiger partial charge on any atom is -0.343 e. The molecule has 1 aliphatic heterocycles. The number of carbonyl (C=O) groups excluding carboxylic acids is 1. The topological polar surface area (TPSA) is 20.3 Å². The molecule has 1 aliphatic rings. The van der Waals surface area contributed by atoms with Crippen molar-refractivity contribution in [2.75, 3.05) is 19.0 Å². The highest BCUT2D eigenvalue weighted by atomic mass is 35.5. The summed E-state index contributed by atoms with van der Waals surface area (Å²) < 4.78 is 0. The van der Waals surface area contributed by atoms with Gasteiger partial charge in [-0.25, -0.2) is 0 Å². The summed E-state index contributed by atoms with van der Waals surface area (Å²) in [7, 11) is 0. The molecule has 3 heteroatoms. The minimum absolute atomic E-state index is 0.360. The van der Waals surface area contributed by atoms with E-state index in [0.717, 1.165) is 50.6 Å². The lowest BCUT2D eigenvalue weighted by Gasteiger charge is -2.22. The maximum Gasteiger partial charge on any atom is 0.222 e. The van der Waals surface area contributed by atoms with Crippen LogP contribution in [0.1, 0.15) is 52.4 Å². The zero-order valence-corrected chi connectivity index (χ0v) is 12.0. The third-order valence-corrected chi connectivity index (χ3v) is 4.22. The molecule has 2 nitrogen and oxygen atoms in total. The lowest BCUT2D eigenvalue weighted by atomic mass is 9.98. The van der Waals surface area contributed by atoms with E-state index in [2.05, 4.69) is 18.7 Å². The number of halogens is 1. The zero-order valence-electron chi connectivity index (χ0n) is 11.3. The Morgan fingerprint density at radius 2 is 2.18 bits per heavy atom. The van der Waals surface area contributed by atoms with Crippen LogP contribution in [0, 0.1) is 11.8 Å². The Balaban J connectivity index is 2.34. The molecule has 0 spiro atoms. The minimum atomic E-state index is 0.360. The Hall–Kier alpha value is -0.240. The van der Waals surface area contributed by atoms with Gasteiger partial charge in [0, 0.05) is 25.4 Å². The lowest BCUT2D eigenvalue weighted by Crippen LogP contribution is -2.32. The van der Waals surface area contributed by atoms with Crippen LogP contribution in [0.2, 0.25) is 0 Å². The fraction of sp³-hybridized carbons (Fsp3) is 0.929. The maximum atomic E-state index is 11.9. The zero-order chi connectivity index (χ0) is 12.7. The van der Waals surface area contributed by atoms with Crippen LogP contribution in [0.5, 0.6) is 0 Å². The second-order valence-corrected chi connectivity index (χ2v) is 5.73. The predicted octanol–water partition coefficient (Wildman–Crippen LogP) is 3.68. The van der Waals surface area contributed by atoms with Gasteiger partial charge in [0.15, 0.2) is 0 Å². The van der Waals surface area contributed by atoms with E-state index in [0.29, 0.717) is 11.8 Å². The van der Waals surface area contributed by atoms with E-state index in [9.17, 15) is 4.79 Å². The second-order valence-electron chi connectivity index (χ2n) is 5.35.